The third-order valence-electron chi connectivity index (χ3n) is 1.37. The first-order valence-corrected chi connectivity index (χ1v) is 3.07. The van der Waals surface area contributed by atoms with Crippen molar-refractivity contribution in [1.29, 1.82) is 0 Å². The van der Waals surface area contributed by atoms with Gasteiger partial charge in [0, 0.05) is 6.92 Å². The average Bonchev–Trinajstić information content (AvgIpc) is 1.80. The van der Waals surface area contributed by atoms with Crippen LogP contribution in [0.1, 0.15) is 20.8 Å². The summed E-state index contributed by atoms with van der Waals surface area (Å²) in [5.41, 5.74) is 0. The predicted molar refractivity (Wildman–Crippen MR) is 34.2 cm³/mol. The van der Waals surface area contributed by atoms with Crippen LogP contribution in [0.2, 0.25) is 0 Å². The Hall–Kier alpha value is -0.730. The first kappa shape index (κ1) is 6.39. The summed E-state index contributed by atoms with van der Waals surface area (Å²) < 4.78 is 5.22. The van der Waals surface area contributed by atoms with Gasteiger partial charge in [-0.1, -0.05) is 5.16 Å². The van der Waals surface area contributed by atoms with E-state index in [9.17, 15) is 0 Å². The first-order chi connectivity index (χ1) is 4.20. The van der Waals surface area contributed by atoms with Gasteiger partial charge in [-0.3, -0.25) is 0 Å². The zero-order chi connectivity index (χ0) is 6.85. The van der Waals surface area contributed by atoms with Crippen LogP contribution in [-0.4, -0.2) is 18.1 Å². The fourth-order valence-corrected chi connectivity index (χ4v) is 0.629. The molecule has 2 unspecified atom stereocenters. The summed E-state index contributed by atoms with van der Waals surface area (Å²) in [7, 11) is 0. The van der Waals surface area contributed by atoms with Gasteiger partial charge < -0.3 is 9.57 Å². The van der Waals surface area contributed by atoms with Gasteiger partial charge in [0.05, 0.1) is 0 Å². The Bertz CT molecular complexity index is 133. The first-order valence-electron chi connectivity index (χ1n) is 3.07. The molecule has 0 bridgehead atoms. The van der Waals surface area contributed by atoms with Crippen molar-refractivity contribution in [2.24, 2.45) is 5.16 Å². The minimum atomic E-state index is 0.0775. The van der Waals surface area contributed by atoms with Crippen molar-refractivity contribution >= 4 is 5.90 Å². The van der Waals surface area contributed by atoms with Gasteiger partial charge >= 0.3 is 0 Å². The molecule has 0 saturated carbocycles. The summed E-state index contributed by atoms with van der Waals surface area (Å²) in [5, 5.41) is 3.66. The molecule has 0 aromatic rings. The molecular formula is C6H11NO2. The quantitative estimate of drug-likeness (QED) is 0.491. The second kappa shape index (κ2) is 2.25. The summed E-state index contributed by atoms with van der Waals surface area (Å²) in [6.07, 6.45) is 0.205. The van der Waals surface area contributed by atoms with E-state index in [2.05, 4.69) is 5.16 Å². The molecule has 3 heteroatoms. The van der Waals surface area contributed by atoms with E-state index in [0.717, 1.165) is 0 Å². The number of hydrogen-bond acceptors (Lipinski definition) is 3. The Balaban J connectivity index is 2.54. The highest BCUT2D eigenvalue weighted by atomic mass is 16.7. The lowest BCUT2D eigenvalue weighted by molar-refractivity contribution is -0.0428. The standard InChI is InChI=1S/C6H11NO2/c1-4-5(2)9-7-6(3)8-4/h4-5H,1-3H3. The maximum Gasteiger partial charge on any atom is 0.222 e. The smallest absolute Gasteiger partial charge is 0.222 e. The van der Waals surface area contributed by atoms with Gasteiger partial charge in [-0.05, 0) is 13.8 Å². The molecule has 2 atom stereocenters. The Kier molecular flexibility index (Phi) is 1.60. The van der Waals surface area contributed by atoms with Gasteiger partial charge in [0.15, 0.2) is 6.10 Å². The van der Waals surface area contributed by atoms with Crippen molar-refractivity contribution in [3.63, 3.8) is 0 Å². The molecule has 0 saturated heterocycles. The van der Waals surface area contributed by atoms with Gasteiger partial charge in [0.1, 0.15) is 6.10 Å². The highest BCUT2D eigenvalue weighted by Gasteiger charge is 2.19. The van der Waals surface area contributed by atoms with Crippen LogP contribution in [0.5, 0.6) is 0 Å². The number of ether oxygens (including phenoxy) is 1. The summed E-state index contributed by atoms with van der Waals surface area (Å²) in [6.45, 7) is 5.67. The molecule has 1 aliphatic heterocycles. The van der Waals surface area contributed by atoms with Gasteiger partial charge in [-0.25, -0.2) is 0 Å². The molecule has 0 aromatic heterocycles. The van der Waals surface area contributed by atoms with E-state index in [4.69, 9.17) is 9.57 Å². The molecule has 0 N–H and O–H groups in total. The van der Waals surface area contributed by atoms with E-state index in [1.165, 1.54) is 0 Å². The molecule has 0 fully saturated rings. The van der Waals surface area contributed by atoms with Crippen LogP contribution >= 0.6 is 0 Å². The Morgan fingerprint density at radius 1 is 1.33 bits per heavy atom. The summed E-state index contributed by atoms with van der Waals surface area (Å²) >= 11 is 0. The maximum absolute atomic E-state index is 5.22. The summed E-state index contributed by atoms with van der Waals surface area (Å²) in [5.74, 6) is 0.612. The van der Waals surface area contributed by atoms with E-state index < -0.39 is 0 Å². The number of rotatable bonds is 0. The SMILES string of the molecule is CC1=NOC(C)C(C)O1. The molecule has 1 rings (SSSR count). The number of nitrogens with zero attached hydrogens (tertiary/aromatic N) is 1. The molecule has 0 radical (unpaired) electrons. The Labute approximate surface area is 54.6 Å². The van der Waals surface area contributed by atoms with Crippen molar-refractivity contribution in [2.75, 3.05) is 0 Å². The maximum atomic E-state index is 5.22. The molecule has 0 amide bonds. The number of oxime groups is 1. The van der Waals surface area contributed by atoms with E-state index in [0.29, 0.717) is 5.90 Å². The summed E-state index contributed by atoms with van der Waals surface area (Å²) in [4.78, 5) is 4.97. The second-order valence-corrected chi connectivity index (χ2v) is 2.24. The van der Waals surface area contributed by atoms with E-state index in [-0.39, 0.29) is 12.2 Å². The van der Waals surface area contributed by atoms with Gasteiger partial charge in [-0.2, -0.15) is 0 Å². The minimum absolute atomic E-state index is 0.0775. The van der Waals surface area contributed by atoms with Crippen LogP contribution in [-0.2, 0) is 9.57 Å². The van der Waals surface area contributed by atoms with Crippen LogP contribution in [0.4, 0.5) is 0 Å². The lowest BCUT2D eigenvalue weighted by Crippen LogP contribution is -2.30. The largest absolute Gasteiger partial charge is 0.472 e. The molecule has 1 heterocycles. The zero-order valence-corrected chi connectivity index (χ0v) is 5.92. The Morgan fingerprint density at radius 3 is 2.44 bits per heavy atom. The van der Waals surface area contributed by atoms with Crippen molar-refractivity contribution in [3.8, 4) is 0 Å². The third-order valence-corrected chi connectivity index (χ3v) is 1.37. The minimum Gasteiger partial charge on any atom is -0.472 e. The Morgan fingerprint density at radius 2 is 2.00 bits per heavy atom. The monoisotopic (exact) mass is 129 g/mol. The van der Waals surface area contributed by atoms with Crippen LogP contribution in [0.3, 0.4) is 0 Å². The van der Waals surface area contributed by atoms with E-state index >= 15 is 0 Å². The molecule has 52 valence electrons. The predicted octanol–water partition coefficient (Wildman–Crippen LogP) is 1.14. The lowest BCUT2D eigenvalue weighted by atomic mass is 10.2. The highest BCUT2D eigenvalue weighted by molar-refractivity contribution is 5.72. The fraction of sp³-hybridized carbons (Fsp3) is 0.833. The molecule has 3 nitrogen and oxygen atoms in total. The zero-order valence-electron chi connectivity index (χ0n) is 5.92. The molecule has 0 aliphatic carbocycles. The molecule has 1 aliphatic rings. The summed E-state index contributed by atoms with van der Waals surface area (Å²) in [6, 6.07) is 0. The van der Waals surface area contributed by atoms with Crippen LogP contribution < -0.4 is 0 Å². The molecule has 0 spiro atoms. The second-order valence-electron chi connectivity index (χ2n) is 2.24. The van der Waals surface area contributed by atoms with Gasteiger partial charge in [0.2, 0.25) is 5.90 Å². The van der Waals surface area contributed by atoms with E-state index in [1.807, 2.05) is 13.8 Å². The topological polar surface area (TPSA) is 30.8 Å². The van der Waals surface area contributed by atoms with Crippen molar-refractivity contribution in [1.82, 2.24) is 0 Å². The average molecular weight is 129 g/mol. The van der Waals surface area contributed by atoms with Crippen LogP contribution in [0, 0.1) is 0 Å². The van der Waals surface area contributed by atoms with Crippen molar-refractivity contribution in [2.45, 2.75) is 33.0 Å². The fourth-order valence-electron chi connectivity index (χ4n) is 0.629. The van der Waals surface area contributed by atoms with Gasteiger partial charge in [0.25, 0.3) is 0 Å². The van der Waals surface area contributed by atoms with Gasteiger partial charge in [-0.15, -0.1) is 0 Å². The van der Waals surface area contributed by atoms with Crippen LogP contribution in [0.15, 0.2) is 5.16 Å². The lowest BCUT2D eigenvalue weighted by Gasteiger charge is -2.23. The van der Waals surface area contributed by atoms with Crippen molar-refractivity contribution in [3.05, 3.63) is 0 Å². The third kappa shape index (κ3) is 1.34. The molecule has 9 heavy (non-hydrogen) atoms. The molecule has 0 aromatic carbocycles. The normalized spacial score (nSPS) is 34.3. The highest BCUT2D eigenvalue weighted by Crippen LogP contribution is 2.09. The van der Waals surface area contributed by atoms with E-state index in [1.54, 1.807) is 6.92 Å². The molecular weight excluding hydrogens is 118 g/mol. The van der Waals surface area contributed by atoms with Crippen LogP contribution in [0.25, 0.3) is 0 Å². The van der Waals surface area contributed by atoms with Crippen molar-refractivity contribution < 1.29 is 9.57 Å². The number of hydrogen-bond donors (Lipinski definition) is 0.